The molecule has 1 atom stereocenters. The first-order chi connectivity index (χ1) is 15.5. The molecule has 1 saturated heterocycles. The summed E-state index contributed by atoms with van der Waals surface area (Å²) in [6.07, 6.45) is 3.64. The zero-order valence-corrected chi connectivity index (χ0v) is 20.1. The Bertz CT molecular complexity index is 1130. The number of hydrogen-bond acceptors (Lipinski definition) is 4. The van der Waals surface area contributed by atoms with Crippen LogP contribution in [0, 0.1) is 6.92 Å². The highest BCUT2D eigenvalue weighted by atomic mass is 35.5. The smallest absolute Gasteiger partial charge is 0.254 e. The zero-order chi connectivity index (χ0) is 22.7. The molecule has 8 heteroatoms. The van der Waals surface area contributed by atoms with Crippen molar-refractivity contribution in [2.45, 2.75) is 43.3 Å². The molecule has 1 aliphatic heterocycles. The number of rotatable bonds is 7. The van der Waals surface area contributed by atoms with Crippen LogP contribution in [0.4, 0.5) is 0 Å². The average Bonchev–Trinajstić information content (AvgIpc) is 3.42. The van der Waals surface area contributed by atoms with E-state index in [0.717, 1.165) is 34.9 Å². The van der Waals surface area contributed by atoms with Gasteiger partial charge in [-0.25, -0.2) is 0 Å². The van der Waals surface area contributed by atoms with Crippen molar-refractivity contribution >= 4 is 40.9 Å². The van der Waals surface area contributed by atoms with Gasteiger partial charge in [-0.15, -0.1) is 16.8 Å². The van der Waals surface area contributed by atoms with Crippen molar-refractivity contribution in [1.29, 1.82) is 0 Å². The van der Waals surface area contributed by atoms with Crippen LogP contribution in [0.5, 0.6) is 0 Å². The Hall–Kier alpha value is -2.28. The number of aromatic nitrogens is 3. The molecule has 5 nitrogen and oxygen atoms in total. The molecular weight excluding hydrogens is 463 g/mol. The minimum Gasteiger partial charge on any atom is -0.328 e. The molecule has 0 spiro atoms. The van der Waals surface area contributed by atoms with Crippen molar-refractivity contribution in [1.82, 2.24) is 19.7 Å². The van der Waals surface area contributed by atoms with Gasteiger partial charge < -0.3 is 9.47 Å². The second-order valence-electron chi connectivity index (χ2n) is 7.80. The van der Waals surface area contributed by atoms with Crippen LogP contribution in [-0.4, -0.2) is 32.1 Å². The summed E-state index contributed by atoms with van der Waals surface area (Å²) >= 11 is 13.7. The fourth-order valence-corrected chi connectivity index (χ4v) is 5.09. The van der Waals surface area contributed by atoms with Crippen molar-refractivity contribution in [3.05, 3.63) is 87.7 Å². The van der Waals surface area contributed by atoms with Crippen molar-refractivity contribution in [3.63, 3.8) is 0 Å². The second-order valence-corrected chi connectivity index (χ2v) is 9.56. The lowest BCUT2D eigenvalue weighted by atomic mass is 10.1. The van der Waals surface area contributed by atoms with E-state index in [1.807, 2.05) is 54.3 Å². The first kappa shape index (κ1) is 22.9. The van der Waals surface area contributed by atoms with Crippen LogP contribution < -0.4 is 0 Å². The van der Waals surface area contributed by atoms with Crippen LogP contribution in [0.15, 0.2) is 60.3 Å². The minimum absolute atomic E-state index is 0.0330. The first-order valence-corrected chi connectivity index (χ1v) is 12.2. The van der Waals surface area contributed by atoms with E-state index in [1.54, 1.807) is 17.8 Å². The number of halogens is 2. The van der Waals surface area contributed by atoms with Crippen LogP contribution in [0.2, 0.25) is 10.0 Å². The number of likely N-dealkylation sites (tertiary alicyclic amines) is 1. The number of carbonyl (C=O) groups is 1. The van der Waals surface area contributed by atoms with Crippen LogP contribution in [-0.2, 0) is 12.3 Å². The Morgan fingerprint density at radius 2 is 1.97 bits per heavy atom. The van der Waals surface area contributed by atoms with Crippen molar-refractivity contribution < 1.29 is 4.79 Å². The molecule has 2 aromatic carbocycles. The summed E-state index contributed by atoms with van der Waals surface area (Å²) in [4.78, 5) is 15.1. The van der Waals surface area contributed by atoms with Gasteiger partial charge in [-0.1, -0.05) is 64.8 Å². The van der Waals surface area contributed by atoms with Crippen LogP contribution in [0.25, 0.3) is 0 Å². The highest BCUT2D eigenvalue weighted by Gasteiger charge is 2.34. The van der Waals surface area contributed by atoms with Crippen molar-refractivity contribution in [2.75, 3.05) is 6.54 Å². The van der Waals surface area contributed by atoms with Crippen molar-refractivity contribution in [2.24, 2.45) is 0 Å². The molecule has 0 bridgehead atoms. The van der Waals surface area contributed by atoms with Gasteiger partial charge >= 0.3 is 0 Å². The van der Waals surface area contributed by atoms with Crippen LogP contribution in [0.1, 0.15) is 46.2 Å². The summed E-state index contributed by atoms with van der Waals surface area (Å²) in [5.41, 5.74) is 2.89. The Kier molecular flexibility index (Phi) is 7.23. The predicted octanol–water partition coefficient (Wildman–Crippen LogP) is 6.35. The molecule has 0 aliphatic carbocycles. The Morgan fingerprint density at radius 3 is 2.69 bits per heavy atom. The number of allylic oxidation sites excluding steroid dienone is 1. The maximum absolute atomic E-state index is 13.2. The van der Waals surface area contributed by atoms with E-state index in [0.29, 0.717) is 34.5 Å². The standard InChI is InChI=1S/C24H24Cl2N4OS/c1-3-12-30-22(27-28-24(30)32-15-17-8-11-19(25)20(26)14-17)21-5-4-13-29(21)23(31)18-9-6-16(2)7-10-18/h3,6-11,14,21H,1,4-5,12-13,15H2,2H3. The van der Waals surface area contributed by atoms with E-state index >= 15 is 0 Å². The lowest BCUT2D eigenvalue weighted by molar-refractivity contribution is 0.0727. The van der Waals surface area contributed by atoms with E-state index in [4.69, 9.17) is 23.2 Å². The molecule has 32 heavy (non-hydrogen) atoms. The highest BCUT2D eigenvalue weighted by Crippen LogP contribution is 2.35. The fraction of sp³-hybridized carbons (Fsp3) is 0.292. The van der Waals surface area contributed by atoms with E-state index in [1.165, 1.54) is 0 Å². The summed E-state index contributed by atoms with van der Waals surface area (Å²) in [6.45, 7) is 7.20. The summed E-state index contributed by atoms with van der Waals surface area (Å²) in [6, 6.07) is 13.2. The van der Waals surface area contributed by atoms with Crippen molar-refractivity contribution in [3.8, 4) is 0 Å². The largest absolute Gasteiger partial charge is 0.328 e. The lowest BCUT2D eigenvalue weighted by Gasteiger charge is -2.24. The number of nitrogens with zero attached hydrogens (tertiary/aromatic N) is 4. The normalized spacial score (nSPS) is 15.8. The summed E-state index contributed by atoms with van der Waals surface area (Å²) in [5.74, 6) is 1.52. The second kappa shape index (κ2) is 10.1. The predicted molar refractivity (Wildman–Crippen MR) is 130 cm³/mol. The van der Waals surface area contributed by atoms with Gasteiger partial charge in [0.1, 0.15) is 0 Å². The molecule has 166 valence electrons. The maximum atomic E-state index is 13.2. The Labute approximate surface area is 202 Å². The van der Waals surface area contributed by atoms with Gasteiger partial charge in [0, 0.05) is 24.4 Å². The van der Waals surface area contributed by atoms with Crippen LogP contribution in [0.3, 0.4) is 0 Å². The fourth-order valence-electron chi connectivity index (χ4n) is 3.87. The molecule has 0 N–H and O–H groups in total. The summed E-state index contributed by atoms with van der Waals surface area (Å²) < 4.78 is 2.06. The summed E-state index contributed by atoms with van der Waals surface area (Å²) in [5, 5.41) is 10.8. The number of amides is 1. The molecule has 1 amide bonds. The van der Waals surface area contributed by atoms with E-state index in [-0.39, 0.29) is 11.9 Å². The number of aryl methyl sites for hydroxylation is 1. The molecule has 4 rings (SSSR count). The number of thioether (sulfide) groups is 1. The van der Waals surface area contributed by atoms with Gasteiger partial charge in [0.05, 0.1) is 16.1 Å². The first-order valence-electron chi connectivity index (χ1n) is 10.5. The van der Waals surface area contributed by atoms with E-state index < -0.39 is 0 Å². The van der Waals surface area contributed by atoms with Gasteiger partial charge in [0.2, 0.25) is 0 Å². The Morgan fingerprint density at radius 1 is 1.19 bits per heavy atom. The highest BCUT2D eigenvalue weighted by molar-refractivity contribution is 7.98. The van der Waals surface area contributed by atoms with Gasteiger partial charge in [-0.05, 0) is 49.6 Å². The number of carbonyl (C=O) groups excluding carboxylic acids is 1. The number of benzene rings is 2. The molecule has 3 aromatic rings. The van der Waals surface area contributed by atoms with Gasteiger partial charge in [0.15, 0.2) is 11.0 Å². The van der Waals surface area contributed by atoms with E-state index in [2.05, 4.69) is 21.3 Å². The monoisotopic (exact) mass is 486 g/mol. The molecule has 1 aromatic heterocycles. The zero-order valence-electron chi connectivity index (χ0n) is 17.8. The van der Waals surface area contributed by atoms with Gasteiger partial charge in [-0.3, -0.25) is 4.79 Å². The molecule has 1 fully saturated rings. The third-order valence-corrected chi connectivity index (χ3v) is 7.30. The number of hydrogen-bond donors (Lipinski definition) is 0. The molecule has 0 saturated carbocycles. The Balaban J connectivity index is 1.56. The third kappa shape index (κ3) is 4.87. The van der Waals surface area contributed by atoms with E-state index in [9.17, 15) is 4.79 Å². The third-order valence-electron chi connectivity index (χ3n) is 5.52. The SMILES string of the molecule is C=CCn1c(SCc2ccc(Cl)c(Cl)c2)nnc1C1CCCN1C(=O)c1ccc(C)cc1. The quantitative estimate of drug-likeness (QED) is 0.288. The molecular formula is C24H24Cl2N4OS. The minimum atomic E-state index is -0.101. The van der Waals surface area contributed by atoms with Crippen LogP contribution >= 0.6 is 35.0 Å². The lowest BCUT2D eigenvalue weighted by Crippen LogP contribution is -2.32. The molecule has 2 heterocycles. The van der Waals surface area contributed by atoms with Gasteiger partial charge in [-0.2, -0.15) is 0 Å². The molecule has 1 unspecified atom stereocenters. The topological polar surface area (TPSA) is 51.0 Å². The molecule has 0 radical (unpaired) electrons. The van der Waals surface area contributed by atoms with Gasteiger partial charge in [0.25, 0.3) is 5.91 Å². The molecule has 1 aliphatic rings. The summed E-state index contributed by atoms with van der Waals surface area (Å²) in [7, 11) is 0. The average molecular weight is 487 g/mol. The maximum Gasteiger partial charge on any atom is 0.254 e.